The molecule has 1 atom stereocenters. The number of nitrogens with two attached hydrogens (primary N) is 1. The normalized spacial score (nSPS) is 17.1. The molecule has 2 N–H and O–H groups in total. The average Bonchev–Trinajstić information content (AvgIpc) is 2.89. The fraction of sp³-hybridized carbons (Fsp3) is 0.750. The monoisotopic (exact) mass is 293 g/mol. The molecular weight excluding hydrogens is 266 g/mol. The number of hydrogen-bond donors (Lipinski definition) is 1. The van der Waals surface area contributed by atoms with Gasteiger partial charge in [-0.3, -0.25) is 4.79 Å². The van der Waals surface area contributed by atoms with E-state index in [1.165, 1.54) is 12.8 Å². The quantitative estimate of drug-likeness (QED) is 0.781. The Labute approximate surface area is 126 Å². The van der Waals surface area contributed by atoms with Gasteiger partial charge in [0.25, 0.3) is 0 Å². The maximum Gasteiger partial charge on any atom is 0.313 e. The molecular formula is C16H27N3O2. The summed E-state index contributed by atoms with van der Waals surface area (Å²) in [4.78, 5) is 17.1. The molecule has 1 aliphatic rings. The molecule has 1 aliphatic heterocycles. The maximum atomic E-state index is 12.4. The molecule has 0 fully saturated rings. The molecule has 0 aliphatic carbocycles. The second-order valence-electron chi connectivity index (χ2n) is 5.93. The van der Waals surface area contributed by atoms with Gasteiger partial charge in [0.15, 0.2) is 0 Å². The number of nitrogens with zero attached hydrogens (tertiary/aromatic N) is 2. The Balaban J connectivity index is 2.21. The molecule has 2 heterocycles. The molecule has 5 nitrogen and oxygen atoms in total. The van der Waals surface area contributed by atoms with E-state index in [0.29, 0.717) is 19.6 Å². The van der Waals surface area contributed by atoms with Crippen LogP contribution in [0.5, 0.6) is 0 Å². The highest BCUT2D eigenvalue weighted by molar-refractivity contribution is 5.77. The molecule has 0 spiro atoms. The van der Waals surface area contributed by atoms with Gasteiger partial charge in [0.05, 0.1) is 17.7 Å². The Morgan fingerprint density at radius 1 is 1.48 bits per heavy atom. The highest BCUT2D eigenvalue weighted by atomic mass is 16.5. The van der Waals surface area contributed by atoms with Crippen molar-refractivity contribution in [2.24, 2.45) is 11.1 Å². The van der Waals surface area contributed by atoms with Gasteiger partial charge in [-0.2, -0.15) is 0 Å². The Bertz CT molecular complexity index is 460. The fourth-order valence-electron chi connectivity index (χ4n) is 3.19. The largest absolute Gasteiger partial charge is 0.466 e. The molecule has 5 heteroatoms. The topological polar surface area (TPSA) is 70.1 Å². The maximum absolute atomic E-state index is 12.4. The van der Waals surface area contributed by atoms with Crippen LogP contribution >= 0.6 is 0 Å². The number of esters is 1. The first-order valence-corrected chi connectivity index (χ1v) is 8.07. The van der Waals surface area contributed by atoms with E-state index in [-0.39, 0.29) is 5.97 Å². The van der Waals surface area contributed by atoms with Crippen LogP contribution in [0.25, 0.3) is 0 Å². The van der Waals surface area contributed by atoms with Crippen LogP contribution in [-0.2, 0) is 28.9 Å². The number of imidazole rings is 1. The van der Waals surface area contributed by atoms with E-state index in [2.05, 4.69) is 17.7 Å². The lowest BCUT2D eigenvalue weighted by Gasteiger charge is -2.29. The Kier molecular flexibility index (Phi) is 5.39. The van der Waals surface area contributed by atoms with Crippen molar-refractivity contribution in [2.75, 3.05) is 13.2 Å². The summed E-state index contributed by atoms with van der Waals surface area (Å²) in [6.45, 7) is 5.64. The summed E-state index contributed by atoms with van der Waals surface area (Å²) in [6.07, 6.45) is 7.75. The van der Waals surface area contributed by atoms with E-state index in [1.807, 2.05) is 6.92 Å². The van der Waals surface area contributed by atoms with Crippen molar-refractivity contribution in [1.82, 2.24) is 9.55 Å². The fourth-order valence-corrected chi connectivity index (χ4v) is 3.19. The number of fused-ring (bicyclic) bond motifs is 1. The molecule has 1 aromatic rings. The van der Waals surface area contributed by atoms with E-state index in [1.54, 1.807) is 0 Å². The van der Waals surface area contributed by atoms with E-state index >= 15 is 0 Å². The number of aryl methyl sites for hydroxylation is 2. The molecule has 0 bridgehead atoms. The first-order valence-electron chi connectivity index (χ1n) is 8.07. The molecule has 0 saturated carbocycles. The lowest BCUT2D eigenvalue weighted by atomic mass is 9.79. The van der Waals surface area contributed by atoms with E-state index in [0.717, 1.165) is 37.3 Å². The van der Waals surface area contributed by atoms with Crippen molar-refractivity contribution < 1.29 is 9.53 Å². The van der Waals surface area contributed by atoms with E-state index in [9.17, 15) is 4.79 Å². The van der Waals surface area contributed by atoms with Crippen LogP contribution in [0.4, 0.5) is 0 Å². The van der Waals surface area contributed by atoms with Crippen LogP contribution in [0.1, 0.15) is 51.0 Å². The zero-order valence-corrected chi connectivity index (χ0v) is 13.2. The third-order valence-electron chi connectivity index (χ3n) is 4.31. The van der Waals surface area contributed by atoms with Crippen molar-refractivity contribution in [2.45, 2.75) is 58.9 Å². The van der Waals surface area contributed by atoms with Gasteiger partial charge in [-0.15, -0.1) is 0 Å². The van der Waals surface area contributed by atoms with Crippen LogP contribution in [-0.4, -0.2) is 28.7 Å². The second kappa shape index (κ2) is 7.07. The summed E-state index contributed by atoms with van der Waals surface area (Å²) < 4.78 is 7.49. The van der Waals surface area contributed by atoms with Crippen LogP contribution in [0.15, 0.2) is 6.20 Å². The summed E-state index contributed by atoms with van der Waals surface area (Å²) >= 11 is 0. The Morgan fingerprint density at radius 2 is 2.29 bits per heavy atom. The summed E-state index contributed by atoms with van der Waals surface area (Å²) in [5, 5.41) is 0. The van der Waals surface area contributed by atoms with Gasteiger partial charge in [0.1, 0.15) is 5.82 Å². The van der Waals surface area contributed by atoms with E-state index < -0.39 is 5.41 Å². The Morgan fingerprint density at radius 3 is 2.90 bits per heavy atom. The summed E-state index contributed by atoms with van der Waals surface area (Å²) in [5.41, 5.74) is 6.30. The molecule has 1 aromatic heterocycles. The van der Waals surface area contributed by atoms with Crippen molar-refractivity contribution >= 4 is 5.97 Å². The zero-order chi connectivity index (χ0) is 15.3. The molecule has 2 rings (SSSR count). The highest BCUT2D eigenvalue weighted by Crippen LogP contribution is 2.30. The minimum absolute atomic E-state index is 0.180. The first kappa shape index (κ1) is 16.0. The summed E-state index contributed by atoms with van der Waals surface area (Å²) in [6, 6.07) is 0. The van der Waals surface area contributed by atoms with Crippen LogP contribution < -0.4 is 5.73 Å². The summed E-state index contributed by atoms with van der Waals surface area (Å²) in [7, 11) is 0. The van der Waals surface area contributed by atoms with E-state index in [4.69, 9.17) is 15.5 Å². The van der Waals surface area contributed by atoms with Gasteiger partial charge in [0.2, 0.25) is 0 Å². The second-order valence-corrected chi connectivity index (χ2v) is 5.93. The zero-order valence-electron chi connectivity index (χ0n) is 13.2. The van der Waals surface area contributed by atoms with Crippen LogP contribution in [0.3, 0.4) is 0 Å². The Hall–Kier alpha value is -1.36. The van der Waals surface area contributed by atoms with Crippen molar-refractivity contribution in [3.63, 3.8) is 0 Å². The van der Waals surface area contributed by atoms with Crippen LogP contribution in [0, 0.1) is 5.41 Å². The predicted octanol–water partition coefficient (Wildman–Crippen LogP) is 2.07. The van der Waals surface area contributed by atoms with Gasteiger partial charge in [-0.05, 0) is 26.2 Å². The van der Waals surface area contributed by atoms with Crippen LogP contribution in [0.2, 0.25) is 0 Å². The minimum atomic E-state index is -0.630. The number of carbonyl (C=O) groups excluding carboxylic acids is 1. The average molecular weight is 293 g/mol. The molecule has 0 aromatic carbocycles. The number of ether oxygens (including phenoxy) is 1. The van der Waals surface area contributed by atoms with Crippen molar-refractivity contribution in [1.29, 1.82) is 0 Å². The standard InChI is InChI=1S/C16H27N3O2/c1-3-8-16(12-17,15(20)21-4-2)10-13-11-19-9-6-5-7-14(19)18-13/h11H,3-10,12,17H2,1-2H3. The molecule has 0 amide bonds. The predicted molar refractivity (Wildman–Crippen MR) is 81.9 cm³/mol. The van der Waals surface area contributed by atoms with Gasteiger partial charge < -0.3 is 15.0 Å². The summed E-state index contributed by atoms with van der Waals surface area (Å²) in [5.74, 6) is 0.961. The minimum Gasteiger partial charge on any atom is -0.466 e. The van der Waals surface area contributed by atoms with Gasteiger partial charge in [-0.25, -0.2) is 4.98 Å². The van der Waals surface area contributed by atoms with Crippen molar-refractivity contribution in [3.8, 4) is 0 Å². The molecule has 0 radical (unpaired) electrons. The molecule has 21 heavy (non-hydrogen) atoms. The highest BCUT2D eigenvalue weighted by Gasteiger charge is 2.39. The number of carbonyl (C=O) groups is 1. The third-order valence-corrected chi connectivity index (χ3v) is 4.31. The number of rotatable bonds is 7. The number of hydrogen-bond acceptors (Lipinski definition) is 4. The van der Waals surface area contributed by atoms with Gasteiger partial charge >= 0.3 is 5.97 Å². The van der Waals surface area contributed by atoms with Crippen molar-refractivity contribution in [3.05, 3.63) is 17.7 Å². The third kappa shape index (κ3) is 3.46. The van der Waals surface area contributed by atoms with Gasteiger partial charge in [-0.1, -0.05) is 13.3 Å². The molecule has 118 valence electrons. The SMILES string of the molecule is CCCC(CN)(Cc1cn2c(n1)CCCC2)C(=O)OCC. The first-order chi connectivity index (χ1) is 10.1. The smallest absolute Gasteiger partial charge is 0.313 e. The lowest BCUT2D eigenvalue weighted by molar-refractivity contribution is -0.155. The molecule has 1 unspecified atom stereocenters. The lowest BCUT2D eigenvalue weighted by Crippen LogP contribution is -2.42. The number of aromatic nitrogens is 2. The van der Waals surface area contributed by atoms with Gasteiger partial charge in [0, 0.05) is 32.1 Å². The molecule has 0 saturated heterocycles.